The lowest BCUT2D eigenvalue weighted by atomic mass is 10.3. The van der Waals surface area contributed by atoms with Crippen LogP contribution in [0.1, 0.15) is 5.56 Å². The molecule has 7 heteroatoms. The number of amides is 1. The van der Waals surface area contributed by atoms with E-state index in [1.54, 1.807) is 18.3 Å². The number of anilines is 1. The molecule has 5 nitrogen and oxygen atoms in total. The number of halogens is 1. The van der Waals surface area contributed by atoms with E-state index < -0.39 is 21.5 Å². The fraction of sp³-hybridized carbons (Fsp3) is 0.143. The first-order valence-electron chi connectivity index (χ1n) is 6.08. The van der Waals surface area contributed by atoms with Crippen LogP contribution in [-0.4, -0.2) is 25.1 Å². The van der Waals surface area contributed by atoms with Gasteiger partial charge in [-0.25, -0.2) is 13.4 Å². The van der Waals surface area contributed by atoms with Gasteiger partial charge in [-0.1, -0.05) is 17.7 Å². The van der Waals surface area contributed by atoms with Gasteiger partial charge in [0.25, 0.3) is 0 Å². The molecule has 0 saturated heterocycles. The molecule has 0 aliphatic carbocycles. The summed E-state index contributed by atoms with van der Waals surface area (Å²) in [6.45, 7) is 1.86. The van der Waals surface area contributed by atoms with Crippen molar-refractivity contribution < 1.29 is 13.2 Å². The number of benzene rings is 1. The fourth-order valence-electron chi connectivity index (χ4n) is 1.62. The number of hydrogen-bond acceptors (Lipinski definition) is 4. The molecule has 1 aromatic carbocycles. The lowest BCUT2D eigenvalue weighted by molar-refractivity contribution is -0.113. The molecule has 2 aromatic rings. The highest BCUT2D eigenvalue weighted by Crippen LogP contribution is 2.15. The Morgan fingerprint density at radius 2 is 1.86 bits per heavy atom. The Hall–Kier alpha value is -1.92. The molecule has 0 aliphatic rings. The molecule has 1 aromatic heterocycles. The van der Waals surface area contributed by atoms with E-state index in [4.69, 9.17) is 11.6 Å². The second kappa shape index (κ2) is 6.24. The summed E-state index contributed by atoms with van der Waals surface area (Å²) in [5.41, 5.74) is 0.946. The number of pyridine rings is 1. The zero-order valence-electron chi connectivity index (χ0n) is 11.2. The molecule has 0 bridgehead atoms. The number of rotatable bonds is 4. The standard InChI is InChI=1S/C14H13ClN2O3S/c1-10-2-7-13(16-8-10)17-14(18)9-21(19,20)12-5-3-11(15)4-6-12/h2-8H,9H2,1H3,(H,16,17,18). The van der Waals surface area contributed by atoms with Gasteiger partial charge in [0.15, 0.2) is 9.84 Å². The maximum Gasteiger partial charge on any atom is 0.241 e. The number of sulfone groups is 1. The van der Waals surface area contributed by atoms with Crippen LogP contribution in [0.15, 0.2) is 47.5 Å². The van der Waals surface area contributed by atoms with Crippen molar-refractivity contribution in [3.63, 3.8) is 0 Å². The van der Waals surface area contributed by atoms with Crippen LogP contribution in [0, 0.1) is 6.92 Å². The Balaban J connectivity index is 2.07. The highest BCUT2D eigenvalue weighted by molar-refractivity contribution is 7.92. The highest BCUT2D eigenvalue weighted by Gasteiger charge is 2.19. The second-order valence-electron chi connectivity index (χ2n) is 4.48. The maximum absolute atomic E-state index is 12.1. The van der Waals surface area contributed by atoms with Crippen molar-refractivity contribution >= 4 is 33.2 Å². The topological polar surface area (TPSA) is 76.1 Å². The summed E-state index contributed by atoms with van der Waals surface area (Å²) >= 11 is 5.71. The largest absolute Gasteiger partial charge is 0.310 e. The molecule has 21 heavy (non-hydrogen) atoms. The minimum atomic E-state index is -3.70. The summed E-state index contributed by atoms with van der Waals surface area (Å²) in [6.07, 6.45) is 1.59. The minimum absolute atomic E-state index is 0.0546. The molecule has 0 atom stereocenters. The molecule has 0 unspecified atom stereocenters. The molecular weight excluding hydrogens is 312 g/mol. The molecule has 0 spiro atoms. The van der Waals surface area contributed by atoms with Crippen molar-refractivity contribution in [2.75, 3.05) is 11.1 Å². The molecule has 0 aliphatic heterocycles. The normalized spacial score (nSPS) is 11.1. The van der Waals surface area contributed by atoms with Gasteiger partial charge in [-0.05, 0) is 42.8 Å². The Morgan fingerprint density at radius 3 is 2.43 bits per heavy atom. The van der Waals surface area contributed by atoms with Gasteiger partial charge in [-0.2, -0.15) is 0 Å². The molecule has 0 saturated carbocycles. The van der Waals surface area contributed by atoms with Crippen LogP contribution >= 0.6 is 11.6 Å². The number of carbonyl (C=O) groups excluding carboxylic acids is 1. The van der Waals surface area contributed by atoms with Gasteiger partial charge in [0.2, 0.25) is 5.91 Å². The molecular formula is C14H13ClN2O3S. The zero-order valence-corrected chi connectivity index (χ0v) is 12.8. The van der Waals surface area contributed by atoms with Crippen LogP contribution in [0.4, 0.5) is 5.82 Å². The van der Waals surface area contributed by atoms with Crippen molar-refractivity contribution in [3.8, 4) is 0 Å². The third-order valence-electron chi connectivity index (χ3n) is 2.67. The van der Waals surface area contributed by atoms with Crippen LogP contribution in [0.3, 0.4) is 0 Å². The molecule has 0 fully saturated rings. The van der Waals surface area contributed by atoms with Gasteiger partial charge in [0, 0.05) is 11.2 Å². The first-order valence-corrected chi connectivity index (χ1v) is 8.11. The SMILES string of the molecule is Cc1ccc(NC(=O)CS(=O)(=O)c2ccc(Cl)cc2)nc1. The molecule has 110 valence electrons. The Morgan fingerprint density at radius 1 is 1.19 bits per heavy atom. The minimum Gasteiger partial charge on any atom is -0.310 e. The van der Waals surface area contributed by atoms with E-state index in [0.29, 0.717) is 10.8 Å². The van der Waals surface area contributed by atoms with Crippen LogP contribution in [0.2, 0.25) is 5.02 Å². The average Bonchev–Trinajstić information content (AvgIpc) is 2.41. The highest BCUT2D eigenvalue weighted by atomic mass is 35.5. The molecule has 1 heterocycles. The summed E-state index contributed by atoms with van der Waals surface area (Å²) in [4.78, 5) is 15.8. The lowest BCUT2D eigenvalue weighted by Gasteiger charge is -2.06. The van der Waals surface area contributed by atoms with E-state index in [0.717, 1.165) is 5.56 Å². The second-order valence-corrected chi connectivity index (χ2v) is 6.91. The predicted octanol–water partition coefficient (Wildman–Crippen LogP) is 2.46. The van der Waals surface area contributed by atoms with Crippen molar-refractivity contribution in [3.05, 3.63) is 53.2 Å². The first-order chi connectivity index (χ1) is 9.87. The van der Waals surface area contributed by atoms with E-state index in [9.17, 15) is 13.2 Å². The van der Waals surface area contributed by atoms with E-state index in [-0.39, 0.29) is 4.90 Å². The summed E-state index contributed by atoms with van der Waals surface area (Å²) in [7, 11) is -3.70. The van der Waals surface area contributed by atoms with E-state index in [2.05, 4.69) is 10.3 Å². The quantitative estimate of drug-likeness (QED) is 0.937. The van der Waals surface area contributed by atoms with Crippen molar-refractivity contribution in [2.24, 2.45) is 0 Å². The number of nitrogens with one attached hydrogen (secondary N) is 1. The third-order valence-corrected chi connectivity index (χ3v) is 4.56. The van der Waals surface area contributed by atoms with Crippen LogP contribution in [-0.2, 0) is 14.6 Å². The van der Waals surface area contributed by atoms with Crippen LogP contribution in [0.25, 0.3) is 0 Å². The number of carbonyl (C=O) groups is 1. The fourth-order valence-corrected chi connectivity index (χ4v) is 2.88. The summed E-state index contributed by atoms with van der Waals surface area (Å²) < 4.78 is 24.1. The Kier molecular flexibility index (Phi) is 4.59. The Labute approximate surface area is 127 Å². The summed E-state index contributed by atoms with van der Waals surface area (Å²) in [6, 6.07) is 9.06. The van der Waals surface area contributed by atoms with E-state index in [1.165, 1.54) is 24.3 Å². The molecule has 1 N–H and O–H groups in total. The molecule has 1 amide bonds. The predicted molar refractivity (Wildman–Crippen MR) is 81.1 cm³/mol. The molecule has 0 radical (unpaired) electrons. The molecule has 2 rings (SSSR count). The van der Waals surface area contributed by atoms with Gasteiger partial charge < -0.3 is 5.32 Å². The van der Waals surface area contributed by atoms with E-state index >= 15 is 0 Å². The van der Waals surface area contributed by atoms with Crippen molar-refractivity contribution in [1.82, 2.24) is 4.98 Å². The van der Waals surface area contributed by atoms with Gasteiger partial charge in [0.1, 0.15) is 11.6 Å². The number of aryl methyl sites for hydroxylation is 1. The number of nitrogens with zero attached hydrogens (tertiary/aromatic N) is 1. The lowest BCUT2D eigenvalue weighted by Crippen LogP contribution is -2.23. The Bertz CT molecular complexity index is 741. The average molecular weight is 325 g/mol. The first kappa shape index (κ1) is 15.5. The maximum atomic E-state index is 12.1. The summed E-state index contributed by atoms with van der Waals surface area (Å²) in [5, 5.41) is 2.88. The third kappa shape index (κ3) is 4.27. The van der Waals surface area contributed by atoms with Gasteiger partial charge in [-0.3, -0.25) is 4.79 Å². The monoisotopic (exact) mass is 324 g/mol. The van der Waals surface area contributed by atoms with Gasteiger partial charge in [0.05, 0.1) is 4.90 Å². The van der Waals surface area contributed by atoms with E-state index in [1.807, 2.05) is 6.92 Å². The van der Waals surface area contributed by atoms with Crippen molar-refractivity contribution in [1.29, 1.82) is 0 Å². The smallest absolute Gasteiger partial charge is 0.241 e. The number of aromatic nitrogens is 1. The van der Waals surface area contributed by atoms with Gasteiger partial charge >= 0.3 is 0 Å². The summed E-state index contributed by atoms with van der Waals surface area (Å²) in [5.74, 6) is -0.970. The van der Waals surface area contributed by atoms with Crippen molar-refractivity contribution in [2.45, 2.75) is 11.8 Å². The van der Waals surface area contributed by atoms with Crippen LogP contribution in [0.5, 0.6) is 0 Å². The van der Waals surface area contributed by atoms with Gasteiger partial charge in [-0.15, -0.1) is 0 Å². The van der Waals surface area contributed by atoms with Crippen LogP contribution < -0.4 is 5.32 Å². The zero-order chi connectivity index (χ0) is 15.5. The number of hydrogen-bond donors (Lipinski definition) is 1.